The highest BCUT2D eigenvalue weighted by Gasteiger charge is 2.74. The Bertz CT molecular complexity index is 2410. The SMILES string of the molecule is O=C1O[C@H](c2ccccc2)[C@H](c2ccccc2)N2[C@H]1[C@@H](C(=O)NCCc1ccccn1)[C@]1(C(=O)Nc3ccc(C#CC4(O)CCCCCC4)cc31)[C@H]2c1ccc(O)cc1. The molecule has 5 aromatic rings. The fraction of sp³-hybridized carbons (Fsp3) is 0.306. The van der Waals surface area contributed by atoms with E-state index in [2.05, 4.69) is 27.5 Å². The molecule has 4 aromatic carbocycles. The van der Waals surface area contributed by atoms with E-state index < -0.39 is 58.9 Å². The summed E-state index contributed by atoms with van der Waals surface area (Å²) in [5.41, 5.74) is 1.80. The van der Waals surface area contributed by atoms with E-state index >= 15 is 9.59 Å². The second-order valence-corrected chi connectivity index (χ2v) is 16.1. The first-order valence-electron chi connectivity index (χ1n) is 20.5. The number of nitrogens with one attached hydrogen (secondary N) is 2. The van der Waals surface area contributed by atoms with E-state index in [9.17, 15) is 15.0 Å². The molecule has 4 heterocycles. The number of aliphatic hydroxyl groups is 1. The maximum Gasteiger partial charge on any atom is 0.324 e. The second kappa shape index (κ2) is 15.8. The molecule has 9 rings (SSSR count). The summed E-state index contributed by atoms with van der Waals surface area (Å²) in [4.78, 5) is 52.0. The normalized spacial score (nSPS) is 25.7. The van der Waals surface area contributed by atoms with Crippen LogP contribution in [-0.2, 0) is 31.0 Å². The van der Waals surface area contributed by atoms with Gasteiger partial charge in [0.2, 0.25) is 11.8 Å². The topological polar surface area (TPSA) is 141 Å². The number of aromatic nitrogens is 1. The number of morpholine rings is 1. The van der Waals surface area contributed by atoms with Crippen LogP contribution in [0.2, 0.25) is 0 Å². The van der Waals surface area contributed by atoms with Crippen LogP contribution in [0.3, 0.4) is 0 Å². The van der Waals surface area contributed by atoms with Gasteiger partial charge in [-0.05, 0) is 90.4 Å². The van der Waals surface area contributed by atoms with Crippen LogP contribution in [-0.4, -0.2) is 56.1 Å². The van der Waals surface area contributed by atoms with E-state index in [0.29, 0.717) is 41.6 Å². The number of phenolic OH excluding ortho intramolecular Hbond substituents is 1. The minimum atomic E-state index is -1.69. The Kier molecular flexibility index (Phi) is 10.3. The molecule has 3 aliphatic heterocycles. The predicted octanol–water partition coefficient (Wildman–Crippen LogP) is 6.85. The third-order valence-corrected chi connectivity index (χ3v) is 12.6. The third kappa shape index (κ3) is 6.94. The van der Waals surface area contributed by atoms with Gasteiger partial charge in [-0.3, -0.25) is 24.3 Å². The lowest BCUT2D eigenvalue weighted by molar-refractivity contribution is -0.178. The molecular weight excluding hydrogens is 741 g/mol. The fourth-order valence-electron chi connectivity index (χ4n) is 9.92. The monoisotopic (exact) mass is 786 g/mol. The molecule has 2 saturated heterocycles. The van der Waals surface area contributed by atoms with Crippen molar-refractivity contribution in [3.8, 4) is 17.6 Å². The molecule has 4 N–H and O–H groups in total. The number of carbonyl (C=O) groups is 3. The molecule has 298 valence electrons. The summed E-state index contributed by atoms with van der Waals surface area (Å²) in [5, 5.41) is 28.3. The average Bonchev–Trinajstić information content (AvgIpc) is 3.62. The molecule has 1 aliphatic carbocycles. The van der Waals surface area contributed by atoms with Crippen LogP contribution in [0.4, 0.5) is 5.69 Å². The minimum absolute atomic E-state index is 0.0336. The molecule has 1 spiro atoms. The first-order chi connectivity index (χ1) is 28.8. The Morgan fingerprint density at radius 1 is 0.831 bits per heavy atom. The van der Waals surface area contributed by atoms with Gasteiger partial charge >= 0.3 is 5.97 Å². The number of hydrogen-bond donors (Lipinski definition) is 4. The summed E-state index contributed by atoms with van der Waals surface area (Å²) in [7, 11) is 0. The van der Waals surface area contributed by atoms with Gasteiger partial charge in [0.25, 0.3) is 0 Å². The van der Waals surface area contributed by atoms with Crippen LogP contribution in [0, 0.1) is 17.8 Å². The summed E-state index contributed by atoms with van der Waals surface area (Å²) in [6.07, 6.45) is 6.39. The number of anilines is 1. The number of ether oxygens (including phenoxy) is 1. The Hall–Kier alpha value is -6.28. The van der Waals surface area contributed by atoms with Crippen LogP contribution < -0.4 is 10.6 Å². The number of carbonyl (C=O) groups excluding carboxylic acids is 3. The number of amides is 2. The molecule has 59 heavy (non-hydrogen) atoms. The molecule has 1 saturated carbocycles. The van der Waals surface area contributed by atoms with Gasteiger partial charge in [-0.2, -0.15) is 0 Å². The van der Waals surface area contributed by atoms with Gasteiger partial charge < -0.3 is 25.6 Å². The molecule has 3 fully saturated rings. The van der Waals surface area contributed by atoms with Crippen molar-refractivity contribution in [2.45, 2.75) is 80.2 Å². The smallest absolute Gasteiger partial charge is 0.324 e. The van der Waals surface area contributed by atoms with Crippen molar-refractivity contribution in [3.63, 3.8) is 0 Å². The summed E-state index contributed by atoms with van der Waals surface area (Å²) in [6.45, 7) is 0.210. The third-order valence-electron chi connectivity index (χ3n) is 12.6. The van der Waals surface area contributed by atoms with E-state index in [0.717, 1.165) is 42.5 Å². The van der Waals surface area contributed by atoms with Crippen LogP contribution in [0.15, 0.2) is 128 Å². The van der Waals surface area contributed by atoms with Crippen molar-refractivity contribution in [1.82, 2.24) is 15.2 Å². The molecular formula is C49H46N4O6. The van der Waals surface area contributed by atoms with Crippen molar-refractivity contribution < 1.29 is 29.3 Å². The molecule has 0 radical (unpaired) electrons. The highest BCUT2D eigenvalue weighted by molar-refractivity contribution is 6.12. The molecule has 0 bridgehead atoms. The molecule has 6 atom stereocenters. The molecule has 10 nitrogen and oxygen atoms in total. The Morgan fingerprint density at radius 2 is 1.53 bits per heavy atom. The Morgan fingerprint density at radius 3 is 2.22 bits per heavy atom. The van der Waals surface area contributed by atoms with Gasteiger partial charge in [0.15, 0.2) is 0 Å². The van der Waals surface area contributed by atoms with Gasteiger partial charge in [0, 0.05) is 36.1 Å². The number of fused-ring (bicyclic) bond motifs is 3. The van der Waals surface area contributed by atoms with E-state index in [-0.39, 0.29) is 12.3 Å². The first-order valence-corrected chi connectivity index (χ1v) is 20.5. The highest BCUT2D eigenvalue weighted by atomic mass is 16.6. The maximum atomic E-state index is 15.4. The number of rotatable bonds is 7. The quantitative estimate of drug-likeness (QED) is 0.0798. The standard InChI is InChI=1S/C49H46N4O6/c54-37-21-19-35(20-22-37)44-49(38-31-32(18-23-39(38)52-47(49)57)24-28-48(58)26-10-1-2-11-27-48)40(45(55)51-30-25-36-17-9-12-29-50-36)42-46(56)59-43(34-15-7-4-8-16-34)41(53(42)44)33-13-5-3-6-14-33/h3-9,12-23,29,31,40-44,54,58H,1-2,10-11,25-27,30H2,(H,51,55)(H,52,57)/t40-,41-,42-,43+,44+,49-/m0/s1. The van der Waals surface area contributed by atoms with Crippen molar-refractivity contribution >= 4 is 23.5 Å². The van der Waals surface area contributed by atoms with Crippen molar-refractivity contribution in [2.75, 3.05) is 11.9 Å². The zero-order chi connectivity index (χ0) is 40.6. The zero-order valence-corrected chi connectivity index (χ0v) is 32.6. The number of cyclic esters (lactones) is 1. The van der Waals surface area contributed by atoms with Gasteiger partial charge in [-0.15, -0.1) is 0 Å². The minimum Gasteiger partial charge on any atom is -0.508 e. The summed E-state index contributed by atoms with van der Waals surface area (Å²) >= 11 is 0. The van der Waals surface area contributed by atoms with E-state index in [1.54, 1.807) is 36.5 Å². The maximum absolute atomic E-state index is 15.4. The molecule has 1 aromatic heterocycles. The number of nitrogens with zero attached hydrogens (tertiary/aromatic N) is 2. The number of pyridine rings is 1. The summed E-state index contributed by atoms with van der Waals surface area (Å²) in [6, 6.07) is 34.2. The van der Waals surface area contributed by atoms with E-state index in [1.165, 1.54) is 0 Å². The molecule has 0 unspecified atom stereocenters. The van der Waals surface area contributed by atoms with Gasteiger partial charge in [0.1, 0.15) is 28.9 Å². The van der Waals surface area contributed by atoms with Gasteiger partial charge in [0.05, 0.1) is 18.0 Å². The molecule has 10 heteroatoms. The van der Waals surface area contributed by atoms with E-state index in [1.807, 2.05) is 95.9 Å². The Balaban J connectivity index is 1.26. The predicted molar refractivity (Wildman–Crippen MR) is 222 cm³/mol. The number of hydrogen-bond acceptors (Lipinski definition) is 8. The summed E-state index contributed by atoms with van der Waals surface area (Å²) in [5.74, 6) is 3.63. The molecule has 4 aliphatic rings. The van der Waals surface area contributed by atoms with Crippen LogP contribution in [0.25, 0.3) is 0 Å². The second-order valence-electron chi connectivity index (χ2n) is 16.1. The first kappa shape index (κ1) is 38.2. The van der Waals surface area contributed by atoms with Crippen LogP contribution in [0.1, 0.15) is 90.2 Å². The average molecular weight is 787 g/mol. The molecule has 2 amide bonds. The lowest BCUT2D eigenvalue weighted by Crippen LogP contribution is -2.55. The fourth-order valence-corrected chi connectivity index (χ4v) is 9.92. The number of benzene rings is 4. The lowest BCUT2D eigenvalue weighted by atomic mass is 9.65. The van der Waals surface area contributed by atoms with E-state index in [4.69, 9.17) is 4.74 Å². The number of phenols is 1. The largest absolute Gasteiger partial charge is 0.508 e. The van der Waals surface area contributed by atoms with Gasteiger partial charge in [-0.25, -0.2) is 0 Å². The highest BCUT2D eigenvalue weighted by Crippen LogP contribution is 2.64. The number of esters is 1. The Labute approximate surface area is 343 Å². The van der Waals surface area contributed by atoms with Crippen LogP contribution >= 0.6 is 0 Å². The number of aromatic hydroxyl groups is 1. The van der Waals surface area contributed by atoms with Crippen molar-refractivity contribution in [3.05, 3.63) is 161 Å². The van der Waals surface area contributed by atoms with Gasteiger partial charge in [-0.1, -0.05) is 104 Å². The van der Waals surface area contributed by atoms with Crippen molar-refractivity contribution in [2.24, 2.45) is 5.92 Å². The summed E-state index contributed by atoms with van der Waals surface area (Å²) < 4.78 is 6.50. The zero-order valence-electron chi connectivity index (χ0n) is 32.6. The van der Waals surface area contributed by atoms with Crippen molar-refractivity contribution in [1.29, 1.82) is 0 Å². The lowest BCUT2D eigenvalue weighted by Gasteiger charge is -2.46. The van der Waals surface area contributed by atoms with Crippen LogP contribution in [0.5, 0.6) is 5.75 Å².